The summed E-state index contributed by atoms with van der Waals surface area (Å²) in [7, 11) is 0. The Balaban J connectivity index is 1.55. The van der Waals surface area contributed by atoms with E-state index in [4.69, 9.17) is 25.6 Å². The normalized spacial score (nSPS) is 14.8. The number of aryl methyl sites for hydroxylation is 1. The average molecular weight is 607 g/mol. The van der Waals surface area contributed by atoms with Gasteiger partial charge >= 0.3 is 6.18 Å². The van der Waals surface area contributed by atoms with Gasteiger partial charge in [0.1, 0.15) is 18.1 Å². The summed E-state index contributed by atoms with van der Waals surface area (Å²) in [5.41, 5.74) is -1.93. The second-order valence-electron chi connectivity index (χ2n) is 10.4. The summed E-state index contributed by atoms with van der Waals surface area (Å²) in [6.45, 7) is 6.88. The van der Waals surface area contributed by atoms with Gasteiger partial charge in [-0.2, -0.15) is 18.3 Å². The van der Waals surface area contributed by atoms with Crippen LogP contribution in [0.4, 0.5) is 13.2 Å². The number of aliphatic hydroxyl groups is 1. The van der Waals surface area contributed by atoms with Crippen LogP contribution in [-0.4, -0.2) is 80.0 Å². The molecule has 1 aliphatic heterocycles. The van der Waals surface area contributed by atoms with Crippen LogP contribution in [0, 0.1) is 0 Å². The van der Waals surface area contributed by atoms with Crippen molar-refractivity contribution >= 4 is 11.6 Å². The highest BCUT2D eigenvalue weighted by Crippen LogP contribution is 2.46. The van der Waals surface area contributed by atoms with E-state index in [0.717, 1.165) is 24.0 Å². The number of benzene rings is 1. The van der Waals surface area contributed by atoms with E-state index >= 15 is 0 Å². The van der Waals surface area contributed by atoms with Gasteiger partial charge in [0, 0.05) is 44.1 Å². The Kier molecular flexibility index (Phi) is 8.83. The molecule has 1 aliphatic rings. The monoisotopic (exact) mass is 606 g/mol. The highest BCUT2D eigenvalue weighted by Gasteiger charge is 2.41. The number of halogens is 4. The van der Waals surface area contributed by atoms with Crippen molar-refractivity contribution in [2.24, 2.45) is 0 Å². The molecule has 0 spiro atoms. The maximum atomic E-state index is 14.4. The van der Waals surface area contributed by atoms with Crippen LogP contribution in [0.25, 0.3) is 34.0 Å². The highest BCUT2D eigenvalue weighted by molar-refractivity contribution is 6.35. The molecule has 3 aromatic heterocycles. The van der Waals surface area contributed by atoms with Gasteiger partial charge in [0.15, 0.2) is 17.3 Å². The average Bonchev–Trinajstić information content (AvgIpc) is 3.58. The van der Waals surface area contributed by atoms with Crippen LogP contribution in [0.3, 0.4) is 0 Å². The molecule has 1 aromatic carbocycles. The molecule has 0 unspecified atom stereocenters. The molecule has 5 rings (SSSR count). The summed E-state index contributed by atoms with van der Waals surface area (Å²) in [6, 6.07) is 6.68. The number of morpholine rings is 1. The number of alkyl halides is 3. The summed E-state index contributed by atoms with van der Waals surface area (Å²) in [6.07, 6.45) is -0.753. The molecule has 10 nitrogen and oxygen atoms in total. The predicted octanol–water partition coefficient (Wildman–Crippen LogP) is 5.21. The van der Waals surface area contributed by atoms with E-state index in [1.807, 2.05) is 0 Å². The van der Waals surface area contributed by atoms with E-state index in [2.05, 4.69) is 25.1 Å². The first-order valence-corrected chi connectivity index (χ1v) is 13.8. The van der Waals surface area contributed by atoms with Crippen molar-refractivity contribution in [2.75, 3.05) is 39.5 Å². The lowest BCUT2D eigenvalue weighted by Crippen LogP contribution is -2.38. The number of hydrogen-bond acceptors (Lipinski definition) is 9. The Hall–Kier alpha value is -3.52. The Bertz CT molecular complexity index is 1500. The number of aromatic nitrogens is 5. The Morgan fingerprint density at radius 3 is 2.48 bits per heavy atom. The fourth-order valence-corrected chi connectivity index (χ4v) is 4.88. The van der Waals surface area contributed by atoms with Crippen molar-refractivity contribution < 1.29 is 32.3 Å². The first kappa shape index (κ1) is 30.0. The van der Waals surface area contributed by atoms with Crippen LogP contribution in [0.1, 0.15) is 26.0 Å². The molecule has 0 radical (unpaired) electrons. The Morgan fingerprint density at radius 2 is 1.79 bits per heavy atom. The van der Waals surface area contributed by atoms with Crippen LogP contribution < -0.4 is 4.74 Å². The predicted molar refractivity (Wildman–Crippen MR) is 148 cm³/mol. The van der Waals surface area contributed by atoms with Crippen molar-refractivity contribution in [3.63, 3.8) is 0 Å². The van der Waals surface area contributed by atoms with E-state index < -0.39 is 17.5 Å². The summed E-state index contributed by atoms with van der Waals surface area (Å²) >= 11 is 6.77. The molecule has 4 aromatic rings. The van der Waals surface area contributed by atoms with E-state index in [-0.39, 0.29) is 46.4 Å². The molecule has 0 bridgehead atoms. The van der Waals surface area contributed by atoms with Gasteiger partial charge in [0.2, 0.25) is 0 Å². The molecule has 42 heavy (non-hydrogen) atoms. The number of ether oxygens (including phenoxy) is 2. The van der Waals surface area contributed by atoms with Crippen molar-refractivity contribution in [2.45, 2.75) is 38.6 Å². The number of nitrogens with zero attached hydrogens (tertiary/aromatic N) is 6. The standard InChI is InChI=1S/C28H30ClF3N6O4/c1-27(2,39)7-10-38-25(28(30,31)32)19(17-35-38)24-21(26-33-8-4-9-34-26)23(36-42-24)18-5-3-6-20(22(18)29)41-16-13-37-11-14-40-15-12-37/h3-6,8-9,17,39H,7,10-16H2,1-2H3. The number of hydrogen-bond donors (Lipinski definition) is 1. The minimum absolute atomic E-state index is 0.0431. The summed E-state index contributed by atoms with van der Waals surface area (Å²) < 4.78 is 61.0. The van der Waals surface area contributed by atoms with Gasteiger partial charge in [0.25, 0.3) is 0 Å². The SMILES string of the molecule is CC(C)(O)CCn1ncc(-c2onc(-c3cccc(OCCN4CCOCC4)c3Cl)c2-c2ncccn2)c1C(F)(F)F. The zero-order valence-corrected chi connectivity index (χ0v) is 23.8. The molecule has 14 heteroatoms. The third kappa shape index (κ3) is 6.75. The fourth-order valence-electron chi connectivity index (χ4n) is 4.61. The lowest BCUT2D eigenvalue weighted by atomic mass is 10.0. The van der Waals surface area contributed by atoms with Crippen LogP contribution in [0.15, 0.2) is 47.4 Å². The molecule has 0 atom stereocenters. The fraction of sp³-hybridized carbons (Fsp3) is 0.429. The van der Waals surface area contributed by atoms with Crippen molar-refractivity contribution in [1.82, 2.24) is 29.8 Å². The molecule has 1 N–H and O–H groups in total. The van der Waals surface area contributed by atoms with Gasteiger partial charge in [-0.25, -0.2) is 9.97 Å². The van der Waals surface area contributed by atoms with Crippen LogP contribution >= 0.6 is 11.6 Å². The van der Waals surface area contributed by atoms with Crippen LogP contribution in [0.5, 0.6) is 5.75 Å². The molecule has 1 fully saturated rings. The third-order valence-electron chi connectivity index (χ3n) is 6.76. The summed E-state index contributed by atoms with van der Waals surface area (Å²) in [4.78, 5) is 10.8. The van der Waals surface area contributed by atoms with Gasteiger partial charge in [0.05, 0.1) is 41.2 Å². The van der Waals surface area contributed by atoms with Crippen LogP contribution in [0.2, 0.25) is 5.02 Å². The van der Waals surface area contributed by atoms with Crippen molar-refractivity contribution in [1.29, 1.82) is 0 Å². The molecule has 0 amide bonds. The van der Waals surface area contributed by atoms with Gasteiger partial charge in [-0.05, 0) is 32.4 Å². The second kappa shape index (κ2) is 12.4. The first-order valence-electron chi connectivity index (χ1n) is 13.4. The summed E-state index contributed by atoms with van der Waals surface area (Å²) in [5.74, 6) is 0.269. The third-order valence-corrected chi connectivity index (χ3v) is 7.15. The van der Waals surface area contributed by atoms with Gasteiger partial charge in [-0.3, -0.25) is 9.58 Å². The van der Waals surface area contributed by atoms with Crippen LogP contribution in [-0.2, 0) is 17.5 Å². The van der Waals surface area contributed by atoms with Gasteiger partial charge < -0.3 is 19.1 Å². The van der Waals surface area contributed by atoms with Gasteiger partial charge in [-0.15, -0.1) is 0 Å². The minimum Gasteiger partial charge on any atom is -0.491 e. The van der Waals surface area contributed by atoms with E-state index in [1.54, 1.807) is 24.3 Å². The van der Waals surface area contributed by atoms with Crippen molar-refractivity contribution in [3.05, 3.63) is 53.6 Å². The van der Waals surface area contributed by atoms with E-state index in [0.29, 0.717) is 37.7 Å². The maximum Gasteiger partial charge on any atom is 0.433 e. The summed E-state index contributed by atoms with van der Waals surface area (Å²) in [5, 5.41) is 18.4. The van der Waals surface area contributed by atoms with E-state index in [9.17, 15) is 18.3 Å². The smallest absolute Gasteiger partial charge is 0.433 e. The quantitative estimate of drug-likeness (QED) is 0.260. The van der Waals surface area contributed by atoms with Crippen molar-refractivity contribution in [3.8, 4) is 39.7 Å². The molecule has 224 valence electrons. The minimum atomic E-state index is -4.79. The molecule has 0 aliphatic carbocycles. The molecule has 0 saturated carbocycles. The maximum absolute atomic E-state index is 14.4. The second-order valence-corrected chi connectivity index (χ2v) is 10.8. The number of rotatable bonds is 10. The lowest BCUT2D eigenvalue weighted by Gasteiger charge is -2.26. The molecular weight excluding hydrogens is 577 g/mol. The van der Waals surface area contributed by atoms with Gasteiger partial charge in [-0.1, -0.05) is 28.9 Å². The largest absolute Gasteiger partial charge is 0.491 e. The molecular formula is C28H30ClF3N6O4. The first-order chi connectivity index (χ1) is 20.0. The molecule has 4 heterocycles. The zero-order chi connectivity index (χ0) is 29.9. The highest BCUT2D eigenvalue weighted by atomic mass is 35.5. The molecule has 1 saturated heterocycles. The Morgan fingerprint density at radius 1 is 1.05 bits per heavy atom. The van der Waals surface area contributed by atoms with E-state index in [1.165, 1.54) is 26.2 Å². The lowest BCUT2D eigenvalue weighted by molar-refractivity contribution is -0.144. The topological polar surface area (TPSA) is 112 Å². The Labute approximate surface area is 245 Å². The zero-order valence-electron chi connectivity index (χ0n) is 23.1.